The first-order valence-corrected chi connectivity index (χ1v) is 8.68. The molecule has 0 bridgehead atoms. The van der Waals surface area contributed by atoms with Gasteiger partial charge in [0.2, 0.25) is 0 Å². The molecule has 21 heavy (non-hydrogen) atoms. The highest BCUT2D eigenvalue weighted by atomic mass is 31.2. The second-order valence-electron chi connectivity index (χ2n) is 7.45. The van der Waals surface area contributed by atoms with Crippen LogP contribution in [0.4, 0.5) is 0 Å². The Hall–Kier alpha value is -0.670. The molecular weight excluding hydrogens is 287 g/mol. The monoisotopic (exact) mass is 314 g/mol. The molecule has 1 atom stereocenters. The van der Waals surface area contributed by atoms with E-state index in [4.69, 9.17) is 14.3 Å². The lowest BCUT2D eigenvalue weighted by molar-refractivity contribution is 0.143. The number of rotatable bonds is 5. The van der Waals surface area contributed by atoms with Crippen LogP contribution in [0.15, 0.2) is 24.3 Å². The normalized spacial score (nSPS) is 15.0. The zero-order chi connectivity index (χ0) is 16.5. The molecule has 0 fully saturated rings. The van der Waals surface area contributed by atoms with Gasteiger partial charge in [-0.1, -0.05) is 58.9 Å². The van der Waals surface area contributed by atoms with Crippen molar-refractivity contribution < 1.29 is 18.9 Å². The number of benzene rings is 1. The maximum absolute atomic E-state index is 11.1. The van der Waals surface area contributed by atoms with Crippen molar-refractivity contribution in [2.24, 2.45) is 5.41 Å². The van der Waals surface area contributed by atoms with Crippen molar-refractivity contribution in [2.45, 2.75) is 59.5 Å². The molecule has 1 aromatic rings. The standard InChI is InChI=1S/C16H27O4P/c1-12(20-21(17,18)19)13-9-7-8-10-14(13)16(5,6)11-15(2,3)4/h7-10,12H,11H2,1-6H3,(H2,17,18,19). The van der Waals surface area contributed by atoms with Gasteiger partial charge in [0, 0.05) is 0 Å². The molecule has 0 aliphatic heterocycles. The van der Waals surface area contributed by atoms with E-state index in [0.717, 1.165) is 17.5 Å². The Labute approximate surface area is 127 Å². The Balaban J connectivity index is 3.17. The van der Waals surface area contributed by atoms with Gasteiger partial charge in [0.15, 0.2) is 0 Å². The van der Waals surface area contributed by atoms with E-state index in [9.17, 15) is 4.57 Å². The van der Waals surface area contributed by atoms with Gasteiger partial charge < -0.3 is 9.79 Å². The van der Waals surface area contributed by atoms with Gasteiger partial charge in [-0.05, 0) is 35.3 Å². The molecule has 4 nitrogen and oxygen atoms in total. The molecule has 1 unspecified atom stereocenters. The van der Waals surface area contributed by atoms with Crippen LogP contribution in [0.5, 0.6) is 0 Å². The summed E-state index contributed by atoms with van der Waals surface area (Å²) in [5.74, 6) is 0. The van der Waals surface area contributed by atoms with Gasteiger partial charge in [-0.25, -0.2) is 4.57 Å². The Morgan fingerprint density at radius 2 is 1.67 bits per heavy atom. The first-order chi connectivity index (χ1) is 9.32. The third-order valence-electron chi connectivity index (χ3n) is 3.40. The van der Waals surface area contributed by atoms with E-state index in [1.165, 1.54) is 0 Å². The summed E-state index contributed by atoms with van der Waals surface area (Å²) < 4.78 is 15.9. The van der Waals surface area contributed by atoms with Crippen molar-refractivity contribution in [3.05, 3.63) is 35.4 Å². The fourth-order valence-corrected chi connectivity index (χ4v) is 3.68. The molecule has 0 spiro atoms. The van der Waals surface area contributed by atoms with Gasteiger partial charge in [0.25, 0.3) is 0 Å². The lowest BCUT2D eigenvalue weighted by Crippen LogP contribution is -2.26. The lowest BCUT2D eigenvalue weighted by atomic mass is 9.70. The molecule has 0 amide bonds. The first kappa shape index (κ1) is 18.4. The Kier molecular flexibility index (Phi) is 5.44. The third-order valence-corrected chi connectivity index (χ3v) is 3.99. The fraction of sp³-hybridized carbons (Fsp3) is 0.625. The van der Waals surface area contributed by atoms with Crippen LogP contribution in [0, 0.1) is 5.41 Å². The van der Waals surface area contributed by atoms with Gasteiger partial charge in [0.05, 0.1) is 6.10 Å². The Bertz CT molecular complexity index is 525. The molecule has 1 rings (SSSR count). The van der Waals surface area contributed by atoms with Crippen LogP contribution in [0.25, 0.3) is 0 Å². The zero-order valence-electron chi connectivity index (χ0n) is 13.8. The van der Waals surface area contributed by atoms with Crippen LogP contribution in [0.2, 0.25) is 0 Å². The van der Waals surface area contributed by atoms with Crippen LogP contribution in [0.3, 0.4) is 0 Å². The molecule has 0 aromatic heterocycles. The highest BCUT2D eigenvalue weighted by Gasteiger charge is 2.31. The highest BCUT2D eigenvalue weighted by Crippen LogP contribution is 2.45. The summed E-state index contributed by atoms with van der Waals surface area (Å²) in [6.45, 7) is 12.5. The first-order valence-electron chi connectivity index (χ1n) is 7.15. The van der Waals surface area contributed by atoms with Crippen molar-refractivity contribution in [1.82, 2.24) is 0 Å². The van der Waals surface area contributed by atoms with Crippen LogP contribution in [-0.2, 0) is 14.5 Å². The lowest BCUT2D eigenvalue weighted by Gasteiger charge is -2.35. The van der Waals surface area contributed by atoms with Gasteiger partial charge in [-0.15, -0.1) is 0 Å². The minimum absolute atomic E-state index is 0.110. The van der Waals surface area contributed by atoms with Crippen molar-refractivity contribution >= 4 is 7.82 Å². The smallest absolute Gasteiger partial charge is 0.303 e. The molecule has 0 aliphatic rings. The molecule has 120 valence electrons. The largest absolute Gasteiger partial charge is 0.470 e. The van der Waals surface area contributed by atoms with Crippen LogP contribution in [-0.4, -0.2) is 9.79 Å². The number of phosphoric ester groups is 1. The van der Waals surface area contributed by atoms with E-state index in [1.54, 1.807) is 6.92 Å². The maximum atomic E-state index is 11.1. The third kappa shape index (κ3) is 5.91. The summed E-state index contributed by atoms with van der Waals surface area (Å²) in [5, 5.41) is 0. The Morgan fingerprint density at radius 1 is 1.14 bits per heavy atom. The van der Waals surface area contributed by atoms with Crippen LogP contribution >= 0.6 is 7.82 Å². The Morgan fingerprint density at radius 3 is 2.14 bits per heavy atom. The predicted molar refractivity (Wildman–Crippen MR) is 85.1 cm³/mol. The molecule has 5 heteroatoms. The van der Waals surface area contributed by atoms with E-state index < -0.39 is 13.9 Å². The summed E-state index contributed by atoms with van der Waals surface area (Å²) in [7, 11) is -4.50. The van der Waals surface area contributed by atoms with E-state index in [1.807, 2.05) is 24.3 Å². The quantitative estimate of drug-likeness (QED) is 0.781. The van der Waals surface area contributed by atoms with Crippen LogP contribution in [0.1, 0.15) is 65.2 Å². The van der Waals surface area contributed by atoms with Gasteiger partial charge in [0.1, 0.15) is 0 Å². The van der Waals surface area contributed by atoms with Gasteiger partial charge >= 0.3 is 7.82 Å². The minimum Gasteiger partial charge on any atom is -0.303 e. The summed E-state index contributed by atoms with van der Waals surface area (Å²) >= 11 is 0. The number of hydrogen-bond donors (Lipinski definition) is 2. The second kappa shape index (κ2) is 6.21. The van der Waals surface area contributed by atoms with E-state index in [-0.39, 0.29) is 10.8 Å². The molecule has 2 N–H and O–H groups in total. The average Bonchev–Trinajstić information content (AvgIpc) is 2.23. The summed E-state index contributed by atoms with van der Waals surface area (Å²) in [5.41, 5.74) is 1.95. The van der Waals surface area contributed by atoms with E-state index in [2.05, 4.69) is 34.6 Å². The fourth-order valence-electron chi connectivity index (χ4n) is 3.15. The molecule has 0 aliphatic carbocycles. The van der Waals surface area contributed by atoms with Crippen LogP contribution < -0.4 is 0 Å². The number of phosphoric acid groups is 1. The molecule has 0 heterocycles. The molecular formula is C16H27O4P. The summed E-state index contributed by atoms with van der Waals surface area (Å²) in [6.07, 6.45) is 0.306. The zero-order valence-corrected chi connectivity index (χ0v) is 14.6. The average molecular weight is 314 g/mol. The van der Waals surface area contributed by atoms with Crippen molar-refractivity contribution in [1.29, 1.82) is 0 Å². The minimum atomic E-state index is -4.50. The highest BCUT2D eigenvalue weighted by molar-refractivity contribution is 7.46. The van der Waals surface area contributed by atoms with E-state index >= 15 is 0 Å². The van der Waals surface area contributed by atoms with Crippen molar-refractivity contribution in [2.75, 3.05) is 0 Å². The SMILES string of the molecule is CC(OP(=O)(O)O)c1ccccc1C(C)(C)CC(C)(C)C. The van der Waals surface area contributed by atoms with Crippen molar-refractivity contribution in [3.8, 4) is 0 Å². The van der Waals surface area contributed by atoms with Gasteiger partial charge in [-0.3, -0.25) is 4.52 Å². The summed E-state index contributed by atoms with van der Waals surface area (Å²) in [6, 6.07) is 7.71. The number of hydrogen-bond acceptors (Lipinski definition) is 2. The summed E-state index contributed by atoms with van der Waals surface area (Å²) in [4.78, 5) is 18.0. The molecule has 0 saturated carbocycles. The van der Waals surface area contributed by atoms with E-state index in [0.29, 0.717) is 0 Å². The van der Waals surface area contributed by atoms with Gasteiger partial charge in [-0.2, -0.15) is 0 Å². The molecule has 1 aromatic carbocycles. The topological polar surface area (TPSA) is 66.8 Å². The maximum Gasteiger partial charge on any atom is 0.470 e. The second-order valence-corrected chi connectivity index (χ2v) is 8.64. The molecule has 0 saturated heterocycles. The predicted octanol–water partition coefficient (Wildman–Crippen LogP) is 4.57. The van der Waals surface area contributed by atoms with Crippen molar-refractivity contribution in [3.63, 3.8) is 0 Å². The molecule has 0 radical (unpaired) electrons.